The van der Waals surface area contributed by atoms with Crippen molar-refractivity contribution in [3.05, 3.63) is 35.9 Å². The van der Waals surface area contributed by atoms with E-state index in [2.05, 4.69) is 38.3 Å². The van der Waals surface area contributed by atoms with E-state index in [0.29, 0.717) is 25.9 Å². The second-order valence-corrected chi connectivity index (χ2v) is 14.5. The first-order valence-corrected chi connectivity index (χ1v) is 16.8. The summed E-state index contributed by atoms with van der Waals surface area (Å²) in [6, 6.07) is 7.10. The molecule has 3 unspecified atom stereocenters. The number of urea groups is 1. The van der Waals surface area contributed by atoms with E-state index >= 15 is 0 Å². The van der Waals surface area contributed by atoms with Crippen LogP contribution in [0.15, 0.2) is 30.3 Å². The fourth-order valence-electron chi connectivity index (χ4n) is 6.17. The van der Waals surface area contributed by atoms with Crippen LogP contribution in [0.4, 0.5) is 4.79 Å². The average molecular weight is 640 g/mol. The Bertz CT molecular complexity index is 1220. The van der Waals surface area contributed by atoms with Gasteiger partial charge in [0.05, 0.1) is 11.6 Å². The Morgan fingerprint density at radius 3 is 2.42 bits per heavy atom. The van der Waals surface area contributed by atoms with E-state index in [1.54, 1.807) is 11.9 Å². The number of nitrogens with one attached hydrogen (secondary N) is 3. The van der Waals surface area contributed by atoms with Gasteiger partial charge >= 0.3 is 6.03 Å². The maximum Gasteiger partial charge on any atom is 0.315 e. The Morgan fingerprint density at radius 2 is 1.80 bits per heavy atom. The number of rotatable bonds is 14. The highest BCUT2D eigenvalue weighted by molar-refractivity contribution is 7.96. The summed E-state index contributed by atoms with van der Waals surface area (Å²) in [5.41, 5.74) is 0.153. The van der Waals surface area contributed by atoms with Crippen LogP contribution in [0.1, 0.15) is 84.1 Å². The topological polar surface area (TPSA) is 128 Å². The predicted octanol–water partition coefficient (Wildman–Crippen LogP) is 3.84. The minimum absolute atomic E-state index is 0.133. The van der Waals surface area contributed by atoms with Crippen molar-refractivity contribution in [3.8, 4) is 12.3 Å². The molecule has 0 aromatic heterocycles. The zero-order valence-corrected chi connectivity index (χ0v) is 27.9. The number of terminal acetylenes is 1. The lowest BCUT2D eigenvalue weighted by molar-refractivity contribution is -0.142. The molecule has 0 radical (unpaired) electrons. The Morgan fingerprint density at radius 1 is 1.11 bits per heavy atom. The molecule has 2 fully saturated rings. The highest BCUT2D eigenvalue weighted by atomic mass is 32.2. The molecule has 1 saturated heterocycles. The molecule has 1 saturated carbocycles. The van der Waals surface area contributed by atoms with Gasteiger partial charge in [-0.1, -0.05) is 82.3 Å². The molecule has 1 aliphatic heterocycles. The van der Waals surface area contributed by atoms with Crippen molar-refractivity contribution < 1.29 is 24.0 Å². The molecule has 3 atom stereocenters. The van der Waals surface area contributed by atoms with Crippen molar-refractivity contribution in [3.63, 3.8) is 0 Å². The van der Waals surface area contributed by atoms with Crippen LogP contribution < -0.4 is 16.0 Å². The normalized spacial score (nSPS) is 19.2. The number of ketones is 1. The van der Waals surface area contributed by atoms with E-state index < -0.39 is 46.8 Å². The summed E-state index contributed by atoms with van der Waals surface area (Å²) in [5.74, 6) is 1.62. The van der Waals surface area contributed by atoms with Gasteiger partial charge in [0.15, 0.2) is 6.29 Å². The molecule has 0 spiro atoms. The standard InChI is InChI=1S/C34H49N5O5S/c1-6-7-17-26(28(41)22-40)35-30(42)27-18-14-21-39(27)31(43)29(33(2,3)4)36-32(44)37-34(19-12-9-13-20-34)24-38(5)45-23-25-15-10-8-11-16-25/h1,8,10-11,15-16,22,26-27,29H,7,9,12-14,17-21,23-24H2,2-5H3,(H,35,42)(H2,36,37,44). The van der Waals surface area contributed by atoms with Crippen LogP contribution in [0.3, 0.4) is 0 Å². The van der Waals surface area contributed by atoms with E-state index in [0.717, 1.165) is 37.9 Å². The zero-order valence-electron chi connectivity index (χ0n) is 27.1. The highest BCUT2D eigenvalue weighted by Crippen LogP contribution is 2.32. The predicted molar refractivity (Wildman–Crippen MR) is 177 cm³/mol. The number of benzene rings is 1. The summed E-state index contributed by atoms with van der Waals surface area (Å²) >= 11 is 1.72. The Hall–Kier alpha value is -3.36. The monoisotopic (exact) mass is 639 g/mol. The SMILES string of the molecule is C#CCCC(NC(=O)C1CCCN1C(=O)C(NC(=O)NC1(CN(C)SCc2ccccc2)CCCCC1)C(C)(C)C)C(=O)C=O. The number of Topliss-reactive ketones (excluding diaryl/α,β-unsaturated/α-hetero) is 1. The molecule has 246 valence electrons. The first kappa shape index (κ1) is 36.1. The average Bonchev–Trinajstić information content (AvgIpc) is 3.51. The van der Waals surface area contributed by atoms with Gasteiger partial charge < -0.3 is 20.9 Å². The van der Waals surface area contributed by atoms with E-state index in [4.69, 9.17) is 6.42 Å². The summed E-state index contributed by atoms with van der Waals surface area (Å²) in [4.78, 5) is 65.6. The quantitative estimate of drug-likeness (QED) is 0.122. The zero-order chi connectivity index (χ0) is 33.0. The largest absolute Gasteiger partial charge is 0.344 e. The maximum atomic E-state index is 14.0. The van der Waals surface area contributed by atoms with Crippen LogP contribution in [0, 0.1) is 17.8 Å². The molecule has 1 aliphatic carbocycles. The molecular weight excluding hydrogens is 590 g/mol. The first-order chi connectivity index (χ1) is 21.4. The number of carbonyl (C=O) groups is 5. The third-order valence-corrected chi connectivity index (χ3v) is 9.62. The number of hydrogen-bond donors (Lipinski definition) is 3. The summed E-state index contributed by atoms with van der Waals surface area (Å²) < 4.78 is 2.19. The Kier molecular flexibility index (Phi) is 13.5. The number of likely N-dealkylation sites (N-methyl/N-ethyl adjacent to an activating group) is 1. The first-order valence-electron chi connectivity index (χ1n) is 15.9. The van der Waals surface area contributed by atoms with Gasteiger partial charge in [-0.05, 0) is 50.1 Å². The Labute approximate surface area is 272 Å². The molecule has 11 heteroatoms. The maximum absolute atomic E-state index is 14.0. The fraction of sp³-hybridized carbons (Fsp3) is 0.618. The third kappa shape index (κ3) is 10.6. The van der Waals surface area contributed by atoms with Crippen molar-refractivity contribution in [1.29, 1.82) is 0 Å². The van der Waals surface area contributed by atoms with Gasteiger partial charge in [0.1, 0.15) is 12.1 Å². The van der Waals surface area contributed by atoms with Gasteiger partial charge in [-0.25, -0.2) is 4.79 Å². The molecule has 0 bridgehead atoms. The van der Waals surface area contributed by atoms with Crippen molar-refractivity contribution >= 4 is 41.9 Å². The lowest BCUT2D eigenvalue weighted by Gasteiger charge is -2.42. The summed E-state index contributed by atoms with van der Waals surface area (Å²) in [7, 11) is 2.04. The van der Waals surface area contributed by atoms with Crippen LogP contribution in [0.2, 0.25) is 0 Å². The number of likely N-dealkylation sites (tertiary alicyclic amines) is 1. The van der Waals surface area contributed by atoms with Gasteiger partial charge in [0.2, 0.25) is 17.6 Å². The molecule has 3 N–H and O–H groups in total. The van der Waals surface area contributed by atoms with Crippen LogP contribution in [-0.2, 0) is 24.9 Å². The minimum atomic E-state index is -1.04. The molecule has 3 rings (SSSR count). The second-order valence-electron chi connectivity index (χ2n) is 13.3. The molecule has 1 aromatic rings. The molecule has 4 amide bonds. The lowest BCUT2D eigenvalue weighted by Crippen LogP contribution is -2.63. The number of amides is 4. The number of carbonyl (C=O) groups excluding carboxylic acids is 5. The van der Waals surface area contributed by atoms with E-state index in [1.807, 2.05) is 46.0 Å². The smallest absolute Gasteiger partial charge is 0.315 e. The Balaban J connectivity index is 1.69. The minimum Gasteiger partial charge on any atom is -0.344 e. The van der Waals surface area contributed by atoms with Gasteiger partial charge in [-0.3, -0.25) is 23.5 Å². The third-order valence-electron chi connectivity index (χ3n) is 8.59. The molecule has 1 aromatic carbocycles. The number of nitrogens with zero attached hydrogens (tertiary/aromatic N) is 2. The molecule has 45 heavy (non-hydrogen) atoms. The molecule has 1 heterocycles. The van der Waals surface area contributed by atoms with Gasteiger partial charge in [-0.2, -0.15) is 0 Å². The van der Waals surface area contributed by atoms with Crippen LogP contribution in [-0.4, -0.2) is 82.9 Å². The van der Waals surface area contributed by atoms with Gasteiger partial charge in [0, 0.05) is 25.3 Å². The molecule has 10 nitrogen and oxygen atoms in total. The van der Waals surface area contributed by atoms with Crippen LogP contribution >= 0.6 is 11.9 Å². The van der Waals surface area contributed by atoms with E-state index in [9.17, 15) is 24.0 Å². The number of hydrogen-bond acceptors (Lipinski definition) is 7. The lowest BCUT2D eigenvalue weighted by atomic mass is 9.81. The molecule has 2 aliphatic rings. The van der Waals surface area contributed by atoms with E-state index in [-0.39, 0.29) is 25.0 Å². The summed E-state index contributed by atoms with van der Waals surface area (Å²) in [6.45, 7) is 6.65. The van der Waals surface area contributed by atoms with Crippen LogP contribution in [0.5, 0.6) is 0 Å². The second kappa shape index (κ2) is 16.8. The fourth-order valence-corrected chi connectivity index (χ4v) is 7.07. The van der Waals surface area contributed by atoms with Crippen molar-refractivity contribution in [2.75, 3.05) is 20.1 Å². The van der Waals surface area contributed by atoms with Crippen molar-refractivity contribution in [1.82, 2.24) is 25.2 Å². The number of aldehydes is 1. The van der Waals surface area contributed by atoms with Crippen molar-refractivity contribution in [2.24, 2.45) is 5.41 Å². The van der Waals surface area contributed by atoms with Crippen molar-refractivity contribution in [2.45, 2.75) is 108 Å². The highest BCUT2D eigenvalue weighted by Gasteiger charge is 2.43. The summed E-state index contributed by atoms with van der Waals surface area (Å²) in [5, 5.41) is 8.87. The molecular formula is C34H49N5O5S. The van der Waals surface area contributed by atoms with Gasteiger partial charge in [-0.15, -0.1) is 12.3 Å². The summed E-state index contributed by atoms with van der Waals surface area (Å²) in [6.07, 6.45) is 11.7. The van der Waals surface area contributed by atoms with Crippen LogP contribution in [0.25, 0.3) is 0 Å². The van der Waals surface area contributed by atoms with E-state index in [1.165, 1.54) is 10.5 Å². The van der Waals surface area contributed by atoms with Gasteiger partial charge in [0.25, 0.3) is 0 Å².